The lowest BCUT2D eigenvalue weighted by Crippen LogP contribution is -2.54. The molecule has 0 heterocycles. The summed E-state index contributed by atoms with van der Waals surface area (Å²) in [5.74, 6) is 20.4. The molecule has 9 saturated carbocycles. The van der Waals surface area contributed by atoms with Crippen LogP contribution in [0.1, 0.15) is 193 Å². The van der Waals surface area contributed by atoms with Crippen molar-refractivity contribution in [1.82, 2.24) is 0 Å². The van der Waals surface area contributed by atoms with Crippen LogP contribution < -0.4 is 0 Å². The number of allylic oxidation sites excluding steroid dienone is 2. The SMILES string of the molecule is CC1CCCCC1CCC1CCC2CCC3C(C4C=CC(C5C6CCCCC6C(C6CCCCC6)C6CCCCC65)CC4)CCC4CCC1C2C43. The fourth-order valence-electron chi connectivity index (χ4n) is 18.9. The van der Waals surface area contributed by atoms with Gasteiger partial charge < -0.3 is 0 Å². The molecule has 0 N–H and O–H groups in total. The molecule has 0 heteroatoms. The Hall–Kier alpha value is -0.260. The summed E-state index contributed by atoms with van der Waals surface area (Å²) >= 11 is 0. The van der Waals surface area contributed by atoms with Crippen LogP contribution in [0, 0.1) is 112 Å². The van der Waals surface area contributed by atoms with Gasteiger partial charge in [-0.1, -0.05) is 103 Å². The molecule has 0 amide bonds. The first-order valence-corrected chi connectivity index (χ1v) is 24.9. The molecule has 9 fully saturated rings. The number of hydrogen-bond donors (Lipinski definition) is 0. The van der Waals surface area contributed by atoms with Crippen molar-refractivity contribution >= 4 is 0 Å². The first kappa shape index (κ1) is 35.2. The molecule has 0 aromatic heterocycles. The van der Waals surface area contributed by atoms with Gasteiger partial charge in [-0.2, -0.15) is 0 Å². The second kappa shape index (κ2) is 15.3. The zero-order chi connectivity index (χ0) is 33.9. The van der Waals surface area contributed by atoms with Gasteiger partial charge in [0.15, 0.2) is 0 Å². The van der Waals surface area contributed by atoms with Crippen LogP contribution in [-0.4, -0.2) is 0 Å². The van der Waals surface area contributed by atoms with E-state index < -0.39 is 0 Å². The summed E-state index contributed by atoms with van der Waals surface area (Å²) in [6.07, 6.45) is 51.8. The molecule has 10 aliphatic rings. The lowest BCUT2D eigenvalue weighted by molar-refractivity contribution is -0.123. The highest BCUT2D eigenvalue weighted by atomic mass is 14.6. The van der Waals surface area contributed by atoms with Crippen molar-refractivity contribution in [2.75, 3.05) is 0 Å². The van der Waals surface area contributed by atoms with Crippen molar-refractivity contribution in [1.29, 1.82) is 0 Å². The van der Waals surface area contributed by atoms with E-state index in [0.29, 0.717) is 0 Å². The van der Waals surface area contributed by atoms with Gasteiger partial charge in [-0.3, -0.25) is 0 Å². The fourth-order valence-corrected chi connectivity index (χ4v) is 18.9. The third-order valence-electron chi connectivity index (χ3n) is 20.8. The van der Waals surface area contributed by atoms with Crippen molar-refractivity contribution in [2.24, 2.45) is 112 Å². The molecule has 16 atom stereocenters. The topological polar surface area (TPSA) is 0 Å². The van der Waals surface area contributed by atoms with E-state index in [9.17, 15) is 0 Å². The second-order valence-electron chi connectivity index (χ2n) is 22.4. The van der Waals surface area contributed by atoms with Gasteiger partial charge in [0.1, 0.15) is 0 Å². The van der Waals surface area contributed by atoms with Crippen LogP contribution in [-0.2, 0) is 0 Å². The van der Waals surface area contributed by atoms with Crippen molar-refractivity contribution in [3.63, 3.8) is 0 Å². The Labute approximate surface area is 316 Å². The van der Waals surface area contributed by atoms with Crippen LogP contribution in [0.3, 0.4) is 0 Å². The molecule has 0 saturated heterocycles. The normalized spacial score (nSPS) is 53.0. The molecule has 0 radical (unpaired) electrons. The zero-order valence-electron chi connectivity index (χ0n) is 33.6. The number of hydrogen-bond acceptors (Lipinski definition) is 0. The summed E-state index contributed by atoms with van der Waals surface area (Å²) in [5, 5.41) is 0. The van der Waals surface area contributed by atoms with Gasteiger partial charge >= 0.3 is 0 Å². The average molecular weight is 695 g/mol. The van der Waals surface area contributed by atoms with Crippen molar-refractivity contribution in [2.45, 2.75) is 193 Å². The largest absolute Gasteiger partial charge is 0.0848 e. The summed E-state index contributed by atoms with van der Waals surface area (Å²) in [7, 11) is 0. The second-order valence-corrected chi connectivity index (χ2v) is 22.4. The fraction of sp³-hybridized carbons (Fsp3) is 0.961. The Morgan fingerprint density at radius 3 is 1.45 bits per heavy atom. The van der Waals surface area contributed by atoms with Gasteiger partial charge in [-0.15, -0.1) is 0 Å². The summed E-state index contributed by atoms with van der Waals surface area (Å²) in [6.45, 7) is 2.60. The monoisotopic (exact) mass is 695 g/mol. The lowest BCUT2D eigenvalue weighted by atomic mass is 9.43. The maximum atomic E-state index is 2.97. The molecule has 0 aliphatic heterocycles. The molecular formula is C51H82. The van der Waals surface area contributed by atoms with Crippen LogP contribution in [0.25, 0.3) is 0 Å². The molecule has 0 spiro atoms. The third-order valence-corrected chi connectivity index (χ3v) is 20.8. The van der Waals surface area contributed by atoms with Gasteiger partial charge in [0.05, 0.1) is 0 Å². The van der Waals surface area contributed by atoms with Crippen molar-refractivity contribution < 1.29 is 0 Å². The highest BCUT2D eigenvalue weighted by Gasteiger charge is 2.57. The molecule has 10 aliphatic carbocycles. The molecule has 51 heavy (non-hydrogen) atoms. The van der Waals surface area contributed by atoms with Crippen LogP contribution in [0.15, 0.2) is 12.2 Å². The van der Waals surface area contributed by atoms with Crippen LogP contribution in [0.2, 0.25) is 0 Å². The Kier molecular flexibility index (Phi) is 10.6. The Morgan fingerprint density at radius 2 is 0.784 bits per heavy atom. The minimum absolute atomic E-state index is 0.930. The maximum Gasteiger partial charge on any atom is -0.0199 e. The summed E-state index contributed by atoms with van der Waals surface area (Å²) in [6, 6.07) is 0. The highest BCUT2D eigenvalue weighted by molar-refractivity contribution is 5.12. The first-order chi connectivity index (χ1) is 25.2. The van der Waals surface area contributed by atoms with Crippen LogP contribution in [0.4, 0.5) is 0 Å². The van der Waals surface area contributed by atoms with Crippen LogP contribution >= 0.6 is 0 Å². The quantitative estimate of drug-likeness (QED) is 0.243. The van der Waals surface area contributed by atoms with E-state index in [2.05, 4.69) is 19.1 Å². The summed E-state index contributed by atoms with van der Waals surface area (Å²) in [5.41, 5.74) is 0. The van der Waals surface area contributed by atoms with Crippen LogP contribution in [0.5, 0.6) is 0 Å². The molecule has 16 unspecified atom stereocenters. The number of fused-ring (bicyclic) bond motifs is 2. The van der Waals surface area contributed by atoms with Gasteiger partial charge in [0, 0.05) is 0 Å². The summed E-state index contributed by atoms with van der Waals surface area (Å²) < 4.78 is 0. The minimum atomic E-state index is 0.930. The smallest absolute Gasteiger partial charge is 0.0199 e. The van der Waals surface area contributed by atoms with Gasteiger partial charge in [-0.05, 0) is 215 Å². The predicted molar refractivity (Wildman–Crippen MR) is 215 cm³/mol. The van der Waals surface area contributed by atoms with E-state index in [1.807, 2.05) is 0 Å². The van der Waals surface area contributed by atoms with Gasteiger partial charge in [0.2, 0.25) is 0 Å². The Balaban J connectivity index is 0.843. The lowest BCUT2D eigenvalue weighted by Gasteiger charge is -2.62. The molecule has 286 valence electrons. The van der Waals surface area contributed by atoms with E-state index >= 15 is 0 Å². The standard InChI is InChI=1S/C51H82/c1-33-11-5-6-12-34(33)19-20-36-23-26-39-29-32-47-41(30-27-40-28-31-42(36)50(39)51(40)47)35-21-24-38(25-22-35)49-45-17-9-7-15-43(45)48(37-13-3-2-4-14-37)44-16-8-10-18-46(44)49/h21,24,33-51H,2-20,22-23,25-32H2,1H3. The maximum absolute atomic E-state index is 2.97. The van der Waals surface area contributed by atoms with Crippen molar-refractivity contribution in [3.8, 4) is 0 Å². The van der Waals surface area contributed by atoms with E-state index in [-0.39, 0.29) is 0 Å². The van der Waals surface area contributed by atoms with Gasteiger partial charge in [-0.25, -0.2) is 0 Å². The molecule has 0 nitrogen and oxygen atoms in total. The summed E-state index contributed by atoms with van der Waals surface area (Å²) in [4.78, 5) is 0. The molecule has 0 aromatic carbocycles. The van der Waals surface area contributed by atoms with E-state index in [1.165, 1.54) is 25.7 Å². The third kappa shape index (κ3) is 6.53. The molecule has 0 aromatic rings. The first-order valence-electron chi connectivity index (χ1n) is 24.9. The van der Waals surface area contributed by atoms with E-state index in [1.54, 1.807) is 161 Å². The van der Waals surface area contributed by atoms with Gasteiger partial charge in [0.25, 0.3) is 0 Å². The zero-order valence-corrected chi connectivity index (χ0v) is 33.6. The minimum Gasteiger partial charge on any atom is -0.0848 e. The van der Waals surface area contributed by atoms with Crippen molar-refractivity contribution in [3.05, 3.63) is 12.2 Å². The molecule has 10 rings (SSSR count). The predicted octanol–water partition coefficient (Wildman–Crippen LogP) is 14.7. The van der Waals surface area contributed by atoms with E-state index in [0.717, 1.165) is 112 Å². The highest BCUT2D eigenvalue weighted by Crippen LogP contribution is 2.65. The molecular weight excluding hydrogens is 613 g/mol. The molecule has 0 bridgehead atoms. The Morgan fingerprint density at radius 1 is 0.314 bits per heavy atom. The average Bonchev–Trinajstić information content (AvgIpc) is 3.19. The van der Waals surface area contributed by atoms with E-state index in [4.69, 9.17) is 0 Å². The number of rotatable bonds is 6. The Bertz CT molecular complexity index is 1150.